The van der Waals surface area contributed by atoms with E-state index in [4.69, 9.17) is 10.5 Å². The van der Waals surface area contributed by atoms with E-state index < -0.39 is 0 Å². The topological polar surface area (TPSA) is 35.2 Å². The molecule has 0 aliphatic heterocycles. The fourth-order valence-electron chi connectivity index (χ4n) is 1.36. The molecule has 0 saturated heterocycles. The number of para-hydroxylation sites is 1. The number of hydrogen-bond donors (Lipinski definition) is 1. The molecule has 1 aromatic carbocycles. The van der Waals surface area contributed by atoms with Gasteiger partial charge in [0.2, 0.25) is 0 Å². The van der Waals surface area contributed by atoms with Crippen LogP contribution in [0.1, 0.15) is 18.1 Å². The van der Waals surface area contributed by atoms with Crippen LogP contribution in [0.15, 0.2) is 18.2 Å². The van der Waals surface area contributed by atoms with Gasteiger partial charge >= 0.3 is 0 Å². The van der Waals surface area contributed by atoms with E-state index >= 15 is 0 Å². The molecular formula is C11H18ClNO. The Morgan fingerprint density at radius 1 is 1.36 bits per heavy atom. The molecule has 1 aromatic rings. The first-order valence-corrected chi connectivity index (χ1v) is 4.71. The van der Waals surface area contributed by atoms with Crippen molar-refractivity contribution in [3.05, 3.63) is 29.3 Å². The highest BCUT2D eigenvalue weighted by Crippen LogP contribution is 2.23. The Kier molecular flexibility index (Phi) is 6.34. The van der Waals surface area contributed by atoms with Gasteiger partial charge in [0.05, 0.1) is 0 Å². The lowest BCUT2D eigenvalue weighted by Crippen LogP contribution is -2.12. The Hall–Kier alpha value is -0.730. The summed E-state index contributed by atoms with van der Waals surface area (Å²) in [4.78, 5) is 0. The molecule has 1 rings (SSSR count). The first-order chi connectivity index (χ1) is 6.29. The molecule has 0 amide bonds. The van der Waals surface area contributed by atoms with E-state index in [1.54, 1.807) is 0 Å². The molecule has 0 aromatic heterocycles. The Balaban J connectivity index is 0.00000169. The van der Waals surface area contributed by atoms with Gasteiger partial charge in [0.15, 0.2) is 0 Å². The van der Waals surface area contributed by atoms with E-state index in [1.165, 1.54) is 11.1 Å². The van der Waals surface area contributed by atoms with Crippen LogP contribution >= 0.6 is 12.4 Å². The van der Waals surface area contributed by atoms with E-state index in [9.17, 15) is 0 Å². The average Bonchev–Trinajstić information content (AvgIpc) is 2.15. The van der Waals surface area contributed by atoms with Gasteiger partial charge in [-0.1, -0.05) is 25.1 Å². The molecule has 0 spiro atoms. The lowest BCUT2D eigenvalue weighted by Gasteiger charge is -2.11. The van der Waals surface area contributed by atoms with Crippen molar-refractivity contribution < 1.29 is 4.74 Å². The van der Waals surface area contributed by atoms with E-state index in [-0.39, 0.29) is 12.4 Å². The van der Waals surface area contributed by atoms with Crippen molar-refractivity contribution in [3.8, 4) is 5.75 Å². The lowest BCUT2D eigenvalue weighted by molar-refractivity contribution is 0.323. The Morgan fingerprint density at radius 2 is 2.07 bits per heavy atom. The molecule has 14 heavy (non-hydrogen) atoms. The van der Waals surface area contributed by atoms with Gasteiger partial charge in [-0.15, -0.1) is 12.4 Å². The summed E-state index contributed by atoms with van der Waals surface area (Å²) in [5.74, 6) is 1.01. The molecule has 0 heterocycles. The standard InChI is InChI=1S/C11H17NO.ClH/c1-3-10-6-4-5-9(2)11(10)13-8-7-12;/h4-6H,3,7-8,12H2,1-2H3;1H. The predicted octanol–water partition coefficient (Wildman–Crippen LogP) is 2.32. The Bertz CT molecular complexity index is 276. The molecule has 0 radical (unpaired) electrons. The molecule has 0 fully saturated rings. The van der Waals surface area contributed by atoms with Crippen LogP contribution in [0.3, 0.4) is 0 Å². The minimum absolute atomic E-state index is 0. The Morgan fingerprint density at radius 3 is 2.64 bits per heavy atom. The normalized spacial score (nSPS) is 9.36. The second-order valence-electron chi connectivity index (χ2n) is 3.05. The molecule has 80 valence electrons. The summed E-state index contributed by atoms with van der Waals surface area (Å²) in [5.41, 5.74) is 7.84. The van der Waals surface area contributed by atoms with Gasteiger partial charge in [-0.2, -0.15) is 0 Å². The van der Waals surface area contributed by atoms with E-state index in [1.807, 2.05) is 0 Å². The molecule has 3 heteroatoms. The van der Waals surface area contributed by atoms with E-state index in [0.717, 1.165) is 12.2 Å². The minimum Gasteiger partial charge on any atom is -0.492 e. The molecule has 0 aliphatic carbocycles. The third-order valence-corrected chi connectivity index (χ3v) is 2.04. The zero-order valence-corrected chi connectivity index (χ0v) is 9.56. The largest absolute Gasteiger partial charge is 0.492 e. The van der Waals surface area contributed by atoms with E-state index in [0.29, 0.717) is 13.2 Å². The molecule has 0 atom stereocenters. The van der Waals surface area contributed by atoms with Gasteiger partial charge in [0, 0.05) is 6.54 Å². The molecule has 2 nitrogen and oxygen atoms in total. The van der Waals surface area contributed by atoms with Crippen molar-refractivity contribution in [2.45, 2.75) is 20.3 Å². The second-order valence-corrected chi connectivity index (χ2v) is 3.05. The summed E-state index contributed by atoms with van der Waals surface area (Å²) >= 11 is 0. The quantitative estimate of drug-likeness (QED) is 0.837. The van der Waals surface area contributed by atoms with Crippen molar-refractivity contribution in [1.82, 2.24) is 0 Å². The predicted molar refractivity (Wildman–Crippen MR) is 62.4 cm³/mol. The fraction of sp³-hybridized carbons (Fsp3) is 0.455. The molecule has 0 saturated carbocycles. The SMILES string of the molecule is CCc1cccc(C)c1OCCN.Cl. The zero-order valence-electron chi connectivity index (χ0n) is 8.75. The van der Waals surface area contributed by atoms with Gasteiger partial charge in [0.1, 0.15) is 12.4 Å². The average molecular weight is 216 g/mol. The lowest BCUT2D eigenvalue weighted by atomic mass is 10.1. The first-order valence-electron chi connectivity index (χ1n) is 4.71. The number of aryl methyl sites for hydroxylation is 2. The van der Waals surface area contributed by atoms with Gasteiger partial charge in [-0.3, -0.25) is 0 Å². The number of rotatable bonds is 4. The molecule has 2 N–H and O–H groups in total. The van der Waals surface area contributed by atoms with Crippen molar-refractivity contribution in [3.63, 3.8) is 0 Å². The summed E-state index contributed by atoms with van der Waals surface area (Å²) in [7, 11) is 0. The van der Waals surface area contributed by atoms with Crippen molar-refractivity contribution in [2.75, 3.05) is 13.2 Å². The van der Waals surface area contributed by atoms with Crippen LogP contribution in [0, 0.1) is 6.92 Å². The van der Waals surface area contributed by atoms with Gasteiger partial charge in [-0.25, -0.2) is 0 Å². The Labute approximate surface area is 91.9 Å². The number of ether oxygens (including phenoxy) is 1. The summed E-state index contributed by atoms with van der Waals surface area (Å²) in [5, 5.41) is 0. The van der Waals surface area contributed by atoms with Crippen LogP contribution in [0.25, 0.3) is 0 Å². The first kappa shape index (κ1) is 13.3. The van der Waals surface area contributed by atoms with Gasteiger partial charge in [-0.05, 0) is 24.5 Å². The highest BCUT2D eigenvalue weighted by molar-refractivity contribution is 5.85. The maximum absolute atomic E-state index is 5.58. The summed E-state index contributed by atoms with van der Waals surface area (Å²) in [6, 6.07) is 6.22. The maximum Gasteiger partial charge on any atom is 0.125 e. The summed E-state index contributed by atoms with van der Waals surface area (Å²) in [6.07, 6.45) is 1.00. The monoisotopic (exact) mass is 215 g/mol. The molecular weight excluding hydrogens is 198 g/mol. The number of benzene rings is 1. The summed E-state index contributed by atoms with van der Waals surface area (Å²) in [6.45, 7) is 5.35. The van der Waals surface area contributed by atoms with Gasteiger partial charge in [0.25, 0.3) is 0 Å². The van der Waals surface area contributed by atoms with Crippen LogP contribution in [0.4, 0.5) is 0 Å². The second kappa shape index (κ2) is 6.68. The fourth-order valence-corrected chi connectivity index (χ4v) is 1.36. The third kappa shape index (κ3) is 3.20. The van der Waals surface area contributed by atoms with Crippen LogP contribution in [0.2, 0.25) is 0 Å². The molecule has 0 bridgehead atoms. The molecule has 0 unspecified atom stereocenters. The smallest absolute Gasteiger partial charge is 0.125 e. The zero-order chi connectivity index (χ0) is 9.68. The highest BCUT2D eigenvalue weighted by atomic mass is 35.5. The highest BCUT2D eigenvalue weighted by Gasteiger charge is 2.03. The number of halogens is 1. The van der Waals surface area contributed by atoms with Crippen molar-refractivity contribution in [2.24, 2.45) is 5.73 Å². The van der Waals surface area contributed by atoms with Gasteiger partial charge < -0.3 is 10.5 Å². The summed E-state index contributed by atoms with van der Waals surface area (Å²) < 4.78 is 5.58. The third-order valence-electron chi connectivity index (χ3n) is 2.04. The minimum atomic E-state index is 0. The van der Waals surface area contributed by atoms with Crippen molar-refractivity contribution >= 4 is 12.4 Å². The van der Waals surface area contributed by atoms with E-state index in [2.05, 4.69) is 32.0 Å². The van der Waals surface area contributed by atoms with Crippen LogP contribution in [-0.2, 0) is 6.42 Å². The maximum atomic E-state index is 5.58. The van der Waals surface area contributed by atoms with Crippen LogP contribution in [0.5, 0.6) is 5.75 Å². The molecule has 0 aliphatic rings. The number of nitrogens with two attached hydrogens (primary N) is 1. The van der Waals surface area contributed by atoms with Crippen LogP contribution in [-0.4, -0.2) is 13.2 Å². The van der Waals surface area contributed by atoms with Crippen LogP contribution < -0.4 is 10.5 Å². The van der Waals surface area contributed by atoms with Crippen molar-refractivity contribution in [1.29, 1.82) is 0 Å². The number of hydrogen-bond acceptors (Lipinski definition) is 2.